The Bertz CT molecular complexity index is 605. The molecule has 4 nitrogen and oxygen atoms in total. The van der Waals surface area contributed by atoms with Crippen LogP contribution in [0.5, 0.6) is 0 Å². The second kappa shape index (κ2) is 17.8. The minimum atomic E-state index is -0.371. The van der Waals surface area contributed by atoms with Crippen LogP contribution in [-0.2, 0) is 9.47 Å². The zero-order valence-electron chi connectivity index (χ0n) is 20.1. The molecule has 0 radical (unpaired) electrons. The Balaban J connectivity index is 2.29. The maximum Gasteiger partial charge on any atom is 0.338 e. The van der Waals surface area contributed by atoms with Crippen LogP contribution in [0.1, 0.15) is 131 Å². The van der Waals surface area contributed by atoms with Crippen molar-refractivity contribution in [3.8, 4) is 0 Å². The first-order valence-corrected chi connectivity index (χ1v) is 12.6. The molecular weight excluding hydrogens is 388 g/mol. The predicted molar refractivity (Wildman–Crippen MR) is 128 cm³/mol. The van der Waals surface area contributed by atoms with Crippen molar-refractivity contribution in [2.45, 2.75) is 117 Å². The van der Waals surface area contributed by atoms with Gasteiger partial charge in [-0.2, -0.15) is 0 Å². The van der Waals surface area contributed by atoms with Gasteiger partial charge in [-0.05, 0) is 37.5 Å². The lowest BCUT2D eigenvalue weighted by Gasteiger charge is -2.16. The normalized spacial score (nSPS) is 11.0. The topological polar surface area (TPSA) is 52.6 Å². The van der Waals surface area contributed by atoms with Crippen molar-refractivity contribution >= 4 is 11.9 Å². The standard InChI is InChI=1S/C27H44O4/c1-4-7-8-9-10-11-12-13-14-15-21-30-26(28)23-19-16-20-24(22-23)27(29)31-25(17-5-2)18-6-3/h16,19-20,22,25H,4-15,17-18,21H2,1-3H3. The van der Waals surface area contributed by atoms with Gasteiger partial charge >= 0.3 is 11.9 Å². The molecule has 0 fully saturated rings. The lowest BCUT2D eigenvalue weighted by Crippen LogP contribution is -2.18. The maximum absolute atomic E-state index is 12.5. The monoisotopic (exact) mass is 432 g/mol. The highest BCUT2D eigenvalue weighted by Gasteiger charge is 2.16. The van der Waals surface area contributed by atoms with E-state index in [1.807, 2.05) is 0 Å². The Hall–Kier alpha value is -1.84. The van der Waals surface area contributed by atoms with Crippen LogP contribution >= 0.6 is 0 Å². The summed E-state index contributed by atoms with van der Waals surface area (Å²) in [6, 6.07) is 6.67. The number of esters is 2. The van der Waals surface area contributed by atoms with Gasteiger partial charge in [0.05, 0.1) is 17.7 Å². The molecule has 0 spiro atoms. The van der Waals surface area contributed by atoms with Crippen LogP contribution in [0.3, 0.4) is 0 Å². The second-order valence-corrected chi connectivity index (χ2v) is 8.50. The first-order chi connectivity index (χ1) is 15.1. The molecule has 0 saturated carbocycles. The molecule has 0 atom stereocenters. The van der Waals surface area contributed by atoms with Crippen LogP contribution in [0.15, 0.2) is 24.3 Å². The molecule has 1 aromatic carbocycles. The number of hydrogen-bond acceptors (Lipinski definition) is 4. The number of carbonyl (C=O) groups excluding carboxylic acids is 2. The molecule has 1 aromatic rings. The van der Waals surface area contributed by atoms with Gasteiger partial charge in [-0.1, -0.05) is 97.5 Å². The molecular formula is C27H44O4. The van der Waals surface area contributed by atoms with Crippen molar-refractivity contribution in [2.75, 3.05) is 6.61 Å². The molecule has 0 N–H and O–H groups in total. The zero-order valence-corrected chi connectivity index (χ0v) is 20.1. The van der Waals surface area contributed by atoms with E-state index in [-0.39, 0.29) is 18.0 Å². The van der Waals surface area contributed by atoms with Crippen molar-refractivity contribution < 1.29 is 19.1 Å². The van der Waals surface area contributed by atoms with Gasteiger partial charge in [0, 0.05) is 0 Å². The molecule has 1 rings (SSSR count). The van der Waals surface area contributed by atoms with Gasteiger partial charge in [0.15, 0.2) is 0 Å². The van der Waals surface area contributed by atoms with Gasteiger partial charge < -0.3 is 9.47 Å². The Morgan fingerprint density at radius 2 is 1.23 bits per heavy atom. The molecule has 0 aliphatic carbocycles. The number of unbranched alkanes of at least 4 members (excludes halogenated alkanes) is 9. The first kappa shape index (κ1) is 27.2. The van der Waals surface area contributed by atoms with Crippen LogP contribution in [-0.4, -0.2) is 24.6 Å². The molecule has 0 aromatic heterocycles. The molecule has 0 bridgehead atoms. The zero-order chi connectivity index (χ0) is 22.7. The summed E-state index contributed by atoms with van der Waals surface area (Å²) in [6.45, 7) is 6.84. The fourth-order valence-electron chi connectivity index (χ4n) is 3.74. The van der Waals surface area contributed by atoms with Crippen LogP contribution < -0.4 is 0 Å². The number of carbonyl (C=O) groups is 2. The molecule has 0 heterocycles. The third kappa shape index (κ3) is 12.6. The van der Waals surface area contributed by atoms with Crippen molar-refractivity contribution in [1.82, 2.24) is 0 Å². The van der Waals surface area contributed by atoms with Gasteiger partial charge in [-0.3, -0.25) is 0 Å². The van der Waals surface area contributed by atoms with E-state index in [4.69, 9.17) is 9.47 Å². The van der Waals surface area contributed by atoms with E-state index in [0.29, 0.717) is 17.7 Å². The van der Waals surface area contributed by atoms with E-state index in [1.54, 1.807) is 24.3 Å². The van der Waals surface area contributed by atoms with E-state index >= 15 is 0 Å². The fraction of sp³-hybridized carbons (Fsp3) is 0.704. The summed E-state index contributed by atoms with van der Waals surface area (Å²) in [5.74, 6) is -0.736. The third-order valence-corrected chi connectivity index (χ3v) is 5.56. The molecule has 0 saturated heterocycles. The summed E-state index contributed by atoms with van der Waals surface area (Å²) in [5, 5.41) is 0. The van der Waals surface area contributed by atoms with Gasteiger partial charge in [-0.15, -0.1) is 0 Å². The summed E-state index contributed by atoms with van der Waals surface area (Å²) in [5.41, 5.74) is 0.814. The summed E-state index contributed by atoms with van der Waals surface area (Å²) < 4.78 is 11.0. The van der Waals surface area contributed by atoms with E-state index < -0.39 is 0 Å². The van der Waals surface area contributed by atoms with Gasteiger partial charge in [0.25, 0.3) is 0 Å². The minimum Gasteiger partial charge on any atom is -0.462 e. The van der Waals surface area contributed by atoms with Crippen molar-refractivity contribution in [1.29, 1.82) is 0 Å². The van der Waals surface area contributed by atoms with E-state index in [9.17, 15) is 9.59 Å². The summed E-state index contributed by atoms with van der Waals surface area (Å²) in [7, 11) is 0. The van der Waals surface area contributed by atoms with E-state index in [2.05, 4.69) is 20.8 Å². The van der Waals surface area contributed by atoms with Gasteiger partial charge in [-0.25, -0.2) is 9.59 Å². The largest absolute Gasteiger partial charge is 0.462 e. The van der Waals surface area contributed by atoms with Gasteiger partial charge in [0.2, 0.25) is 0 Å². The highest BCUT2D eigenvalue weighted by Crippen LogP contribution is 2.15. The van der Waals surface area contributed by atoms with Crippen molar-refractivity contribution in [3.05, 3.63) is 35.4 Å². The number of hydrogen-bond donors (Lipinski definition) is 0. The summed E-state index contributed by atoms with van der Waals surface area (Å²) in [4.78, 5) is 24.8. The van der Waals surface area contributed by atoms with Crippen molar-refractivity contribution in [2.24, 2.45) is 0 Å². The Morgan fingerprint density at radius 3 is 1.77 bits per heavy atom. The molecule has 0 aliphatic rings. The fourth-order valence-corrected chi connectivity index (χ4v) is 3.74. The van der Waals surface area contributed by atoms with Crippen molar-refractivity contribution in [3.63, 3.8) is 0 Å². The molecule has 0 aliphatic heterocycles. The molecule has 0 unspecified atom stereocenters. The lowest BCUT2D eigenvalue weighted by atomic mass is 10.1. The first-order valence-electron chi connectivity index (χ1n) is 12.6. The minimum absolute atomic E-state index is 0.0607. The van der Waals surface area contributed by atoms with Crippen LogP contribution in [0.25, 0.3) is 0 Å². The van der Waals surface area contributed by atoms with E-state index in [1.165, 1.54) is 51.4 Å². The van der Waals surface area contributed by atoms with Gasteiger partial charge in [0.1, 0.15) is 6.10 Å². The molecule has 176 valence electrons. The third-order valence-electron chi connectivity index (χ3n) is 5.56. The van der Waals surface area contributed by atoms with Crippen LogP contribution in [0.4, 0.5) is 0 Å². The summed E-state index contributed by atoms with van der Waals surface area (Å²) in [6.07, 6.45) is 16.1. The highest BCUT2D eigenvalue weighted by atomic mass is 16.5. The van der Waals surface area contributed by atoms with Crippen LogP contribution in [0.2, 0.25) is 0 Å². The number of ether oxygens (including phenoxy) is 2. The predicted octanol–water partition coefficient (Wildman–Crippen LogP) is 7.89. The van der Waals surface area contributed by atoms with Crippen LogP contribution in [0, 0.1) is 0 Å². The average molecular weight is 433 g/mol. The molecule has 0 amide bonds. The number of benzene rings is 1. The smallest absolute Gasteiger partial charge is 0.338 e. The SMILES string of the molecule is CCCCCCCCCCCCOC(=O)c1cccc(C(=O)OC(CCC)CCC)c1. The Labute approximate surface area is 190 Å². The highest BCUT2D eigenvalue weighted by molar-refractivity contribution is 5.95. The summed E-state index contributed by atoms with van der Waals surface area (Å²) >= 11 is 0. The quantitative estimate of drug-likeness (QED) is 0.175. The maximum atomic E-state index is 12.5. The average Bonchev–Trinajstić information content (AvgIpc) is 2.77. The molecule has 4 heteroatoms. The number of rotatable bonds is 18. The Kier molecular flexibility index (Phi) is 15.6. The second-order valence-electron chi connectivity index (χ2n) is 8.50. The lowest BCUT2D eigenvalue weighted by molar-refractivity contribution is 0.0258. The van der Waals surface area contributed by atoms with E-state index in [0.717, 1.165) is 38.5 Å². The molecule has 31 heavy (non-hydrogen) atoms. The Morgan fingerprint density at radius 1 is 0.710 bits per heavy atom.